The van der Waals surface area contributed by atoms with Crippen LogP contribution in [0.25, 0.3) is 0 Å². The molecule has 0 aliphatic heterocycles. The molecule has 5 nitrogen and oxygen atoms in total. The van der Waals surface area contributed by atoms with Gasteiger partial charge in [0.2, 0.25) is 0 Å². The summed E-state index contributed by atoms with van der Waals surface area (Å²) in [5.74, 6) is -1.17. The third kappa shape index (κ3) is 4.40. The van der Waals surface area contributed by atoms with Crippen LogP contribution in [0.1, 0.15) is 17.0 Å². The van der Waals surface area contributed by atoms with E-state index in [9.17, 15) is 18.0 Å². The fourth-order valence-electron chi connectivity index (χ4n) is 1.52. The second-order valence-electron chi connectivity index (χ2n) is 3.69. The number of halogens is 3. The number of methoxy groups -OCH3 is 1. The molecule has 1 rings (SSSR count). The highest BCUT2D eigenvalue weighted by Crippen LogP contribution is 2.30. The van der Waals surface area contributed by atoms with Gasteiger partial charge in [0, 0.05) is 12.1 Å². The Kier molecular flexibility index (Phi) is 4.71. The largest absolute Gasteiger partial charge is 0.573 e. The number of aryl methyl sites for hydroxylation is 1. The number of hydrogen-bond acceptors (Lipinski definition) is 5. The Morgan fingerprint density at radius 3 is 2.58 bits per heavy atom. The molecule has 106 valence electrons. The standard InChI is InChI=1S/C11H13F3N2O3/c1-6-10(19-11(12,13)14)7(4-9(17)18-2)3-8(5-15)16-6/h3H,4-5,15H2,1-2H3. The maximum absolute atomic E-state index is 12.3. The fourth-order valence-corrected chi connectivity index (χ4v) is 1.52. The van der Waals surface area contributed by atoms with Crippen molar-refractivity contribution in [3.63, 3.8) is 0 Å². The zero-order valence-corrected chi connectivity index (χ0v) is 10.4. The Bertz CT molecular complexity index is 475. The SMILES string of the molecule is COC(=O)Cc1cc(CN)nc(C)c1OC(F)(F)F. The van der Waals surface area contributed by atoms with Crippen LogP contribution in [-0.4, -0.2) is 24.4 Å². The number of pyridine rings is 1. The molecule has 0 aliphatic rings. The minimum Gasteiger partial charge on any atom is -0.469 e. The van der Waals surface area contributed by atoms with Gasteiger partial charge < -0.3 is 15.2 Å². The van der Waals surface area contributed by atoms with Crippen LogP contribution in [0, 0.1) is 6.92 Å². The van der Waals surface area contributed by atoms with Gasteiger partial charge in [0.25, 0.3) is 0 Å². The van der Waals surface area contributed by atoms with Crippen molar-refractivity contribution in [1.29, 1.82) is 0 Å². The first-order chi connectivity index (χ1) is 8.76. The molecule has 1 aromatic heterocycles. The van der Waals surface area contributed by atoms with Crippen LogP contribution in [0.3, 0.4) is 0 Å². The van der Waals surface area contributed by atoms with Gasteiger partial charge in [0.05, 0.1) is 24.9 Å². The van der Waals surface area contributed by atoms with Crippen LogP contribution in [-0.2, 0) is 22.5 Å². The Hall–Kier alpha value is -1.83. The Morgan fingerprint density at radius 1 is 1.47 bits per heavy atom. The molecule has 0 saturated heterocycles. The number of nitrogens with two attached hydrogens (primary N) is 1. The summed E-state index contributed by atoms with van der Waals surface area (Å²) in [6, 6.07) is 1.30. The first-order valence-corrected chi connectivity index (χ1v) is 5.29. The topological polar surface area (TPSA) is 74.4 Å². The minimum absolute atomic E-state index is 0.0131. The summed E-state index contributed by atoms with van der Waals surface area (Å²) < 4.78 is 45.3. The molecule has 0 bridgehead atoms. The van der Waals surface area contributed by atoms with Crippen molar-refractivity contribution in [2.75, 3.05) is 7.11 Å². The quantitative estimate of drug-likeness (QED) is 0.844. The van der Waals surface area contributed by atoms with Crippen LogP contribution in [0.5, 0.6) is 5.75 Å². The molecule has 2 N–H and O–H groups in total. The van der Waals surface area contributed by atoms with E-state index in [0.717, 1.165) is 7.11 Å². The number of nitrogens with zero attached hydrogens (tertiary/aromatic N) is 1. The van der Waals surface area contributed by atoms with E-state index in [4.69, 9.17) is 5.73 Å². The molecule has 8 heteroatoms. The van der Waals surface area contributed by atoms with E-state index in [2.05, 4.69) is 14.5 Å². The lowest BCUT2D eigenvalue weighted by Crippen LogP contribution is -2.20. The van der Waals surface area contributed by atoms with E-state index in [1.54, 1.807) is 0 Å². The van der Waals surface area contributed by atoms with Crippen LogP contribution in [0.15, 0.2) is 6.07 Å². The second-order valence-corrected chi connectivity index (χ2v) is 3.69. The van der Waals surface area contributed by atoms with Gasteiger partial charge in [-0.3, -0.25) is 9.78 Å². The maximum Gasteiger partial charge on any atom is 0.573 e. The number of ether oxygens (including phenoxy) is 2. The lowest BCUT2D eigenvalue weighted by Gasteiger charge is -2.15. The molecule has 0 amide bonds. The molecule has 0 unspecified atom stereocenters. The molecule has 1 heterocycles. The van der Waals surface area contributed by atoms with E-state index in [0.29, 0.717) is 5.69 Å². The van der Waals surface area contributed by atoms with E-state index < -0.39 is 18.1 Å². The smallest absolute Gasteiger partial charge is 0.469 e. The second kappa shape index (κ2) is 5.87. The van der Waals surface area contributed by atoms with E-state index in [1.165, 1.54) is 13.0 Å². The Morgan fingerprint density at radius 2 is 2.11 bits per heavy atom. The molecule has 1 aromatic rings. The van der Waals surface area contributed by atoms with Gasteiger partial charge >= 0.3 is 12.3 Å². The molecule has 0 spiro atoms. The van der Waals surface area contributed by atoms with Gasteiger partial charge in [-0.15, -0.1) is 13.2 Å². The maximum atomic E-state index is 12.3. The van der Waals surface area contributed by atoms with Crippen LogP contribution in [0.4, 0.5) is 13.2 Å². The average Bonchev–Trinajstić information content (AvgIpc) is 2.31. The van der Waals surface area contributed by atoms with Crippen LogP contribution < -0.4 is 10.5 Å². The highest BCUT2D eigenvalue weighted by molar-refractivity contribution is 5.73. The lowest BCUT2D eigenvalue weighted by atomic mass is 10.1. The zero-order chi connectivity index (χ0) is 14.6. The molecule has 0 fully saturated rings. The molecular weight excluding hydrogens is 265 g/mol. The van der Waals surface area contributed by atoms with Crippen molar-refractivity contribution < 1.29 is 27.4 Å². The molecule has 0 saturated carbocycles. The van der Waals surface area contributed by atoms with Crippen LogP contribution in [0.2, 0.25) is 0 Å². The van der Waals surface area contributed by atoms with Gasteiger partial charge in [-0.25, -0.2) is 0 Å². The Labute approximate surface area is 107 Å². The van der Waals surface area contributed by atoms with Crippen molar-refractivity contribution in [2.24, 2.45) is 5.73 Å². The van der Waals surface area contributed by atoms with Crippen molar-refractivity contribution in [1.82, 2.24) is 4.98 Å². The monoisotopic (exact) mass is 278 g/mol. The first kappa shape index (κ1) is 15.2. The number of rotatable bonds is 4. The summed E-state index contributed by atoms with van der Waals surface area (Å²) in [5.41, 5.74) is 5.81. The summed E-state index contributed by atoms with van der Waals surface area (Å²) >= 11 is 0. The van der Waals surface area contributed by atoms with Gasteiger partial charge in [-0.1, -0.05) is 0 Å². The summed E-state index contributed by atoms with van der Waals surface area (Å²) in [6.07, 6.45) is -5.21. The van der Waals surface area contributed by atoms with E-state index in [-0.39, 0.29) is 24.2 Å². The van der Waals surface area contributed by atoms with Gasteiger partial charge in [-0.05, 0) is 13.0 Å². The number of aromatic nitrogens is 1. The zero-order valence-electron chi connectivity index (χ0n) is 10.4. The first-order valence-electron chi connectivity index (χ1n) is 5.29. The summed E-state index contributed by atoms with van der Waals surface area (Å²) in [5, 5.41) is 0. The van der Waals surface area contributed by atoms with E-state index >= 15 is 0 Å². The summed E-state index contributed by atoms with van der Waals surface area (Å²) in [7, 11) is 1.14. The van der Waals surface area contributed by atoms with Crippen molar-refractivity contribution in [3.8, 4) is 5.75 Å². The molecule has 0 aromatic carbocycles. The van der Waals surface area contributed by atoms with Gasteiger partial charge in [-0.2, -0.15) is 0 Å². The van der Waals surface area contributed by atoms with Gasteiger partial charge in [0.15, 0.2) is 5.75 Å². The van der Waals surface area contributed by atoms with Crippen LogP contribution >= 0.6 is 0 Å². The van der Waals surface area contributed by atoms with Crippen molar-refractivity contribution in [2.45, 2.75) is 26.3 Å². The van der Waals surface area contributed by atoms with E-state index in [1.807, 2.05) is 0 Å². The predicted molar refractivity (Wildman–Crippen MR) is 59.3 cm³/mol. The predicted octanol–water partition coefficient (Wildman–Crippen LogP) is 1.46. The van der Waals surface area contributed by atoms with Crippen molar-refractivity contribution in [3.05, 3.63) is 23.0 Å². The molecular formula is C11H13F3N2O3. The highest BCUT2D eigenvalue weighted by atomic mass is 19.4. The summed E-state index contributed by atoms with van der Waals surface area (Å²) in [4.78, 5) is 15.1. The van der Waals surface area contributed by atoms with Gasteiger partial charge in [0.1, 0.15) is 0 Å². The lowest BCUT2D eigenvalue weighted by molar-refractivity contribution is -0.275. The third-order valence-corrected chi connectivity index (χ3v) is 2.26. The molecule has 0 radical (unpaired) electrons. The minimum atomic E-state index is -4.86. The normalized spacial score (nSPS) is 11.3. The third-order valence-electron chi connectivity index (χ3n) is 2.26. The number of esters is 1. The summed E-state index contributed by atoms with van der Waals surface area (Å²) in [6.45, 7) is 1.39. The number of carbonyl (C=O) groups is 1. The molecule has 19 heavy (non-hydrogen) atoms. The molecule has 0 atom stereocenters. The number of hydrogen-bond donors (Lipinski definition) is 1. The fraction of sp³-hybridized carbons (Fsp3) is 0.455. The average molecular weight is 278 g/mol. The number of alkyl halides is 3. The Balaban J connectivity index is 3.21. The van der Waals surface area contributed by atoms with Crippen molar-refractivity contribution >= 4 is 5.97 Å². The molecule has 0 aliphatic carbocycles. The number of carbonyl (C=O) groups excluding carboxylic acids is 1. The highest BCUT2D eigenvalue weighted by Gasteiger charge is 2.33.